The van der Waals surface area contributed by atoms with E-state index in [0.717, 1.165) is 25.7 Å². The summed E-state index contributed by atoms with van der Waals surface area (Å²) in [4.78, 5) is 9.49. The van der Waals surface area contributed by atoms with Crippen LogP contribution in [0.15, 0.2) is 12.2 Å². The van der Waals surface area contributed by atoms with Crippen molar-refractivity contribution in [2.24, 2.45) is 5.92 Å². The minimum atomic E-state index is -1.19. The highest BCUT2D eigenvalue weighted by Crippen LogP contribution is 2.14. The minimum absolute atomic E-state index is 0.0648. The molecule has 1 aliphatic heterocycles. The van der Waals surface area contributed by atoms with Gasteiger partial charge < -0.3 is 19.4 Å². The monoisotopic (exact) mass is 271 g/mol. The topological polar surface area (TPSA) is 61.9 Å². The molecule has 0 aliphatic carbocycles. The maximum Gasteiger partial charge on any atom is 0.104 e. The van der Waals surface area contributed by atoms with Gasteiger partial charge in [-0.05, 0) is 24.8 Å². The third-order valence-electron chi connectivity index (χ3n) is 2.95. The van der Waals surface area contributed by atoms with Crippen molar-refractivity contribution in [3.8, 4) is 0 Å². The largest absolute Gasteiger partial charge is 0.545 e. The molecule has 1 saturated heterocycles. The fraction of sp³-hybridized carbons (Fsp3) is 0.800. The predicted molar refractivity (Wildman–Crippen MR) is 73.7 cm³/mol. The zero-order chi connectivity index (χ0) is 14.7. The van der Waals surface area contributed by atoms with Gasteiger partial charge in [0.1, 0.15) is 6.10 Å². The molecule has 0 aromatic rings. The van der Waals surface area contributed by atoms with Crippen molar-refractivity contribution in [2.75, 3.05) is 19.8 Å². The smallest absolute Gasteiger partial charge is 0.104 e. The summed E-state index contributed by atoms with van der Waals surface area (Å²) in [6.45, 7) is 11.6. The van der Waals surface area contributed by atoms with Gasteiger partial charge in [-0.15, -0.1) is 0 Å². The Bertz CT molecular complexity index is 247. The van der Waals surface area contributed by atoms with E-state index in [9.17, 15) is 9.90 Å². The average Bonchev–Trinajstić information content (AvgIpc) is 3.18. The first-order chi connectivity index (χ1) is 9.01. The second-order valence-electron chi connectivity index (χ2n) is 4.98. The van der Waals surface area contributed by atoms with Crippen molar-refractivity contribution < 1.29 is 19.4 Å². The molecule has 1 aliphatic rings. The number of carbonyl (C=O) groups is 1. The van der Waals surface area contributed by atoms with Gasteiger partial charge in [-0.1, -0.05) is 39.7 Å². The van der Waals surface area contributed by atoms with E-state index in [1.54, 1.807) is 0 Å². The molecule has 0 radical (unpaired) electrons. The van der Waals surface area contributed by atoms with E-state index in [1.807, 2.05) is 0 Å². The number of unbranched alkanes of at least 4 members (excludes halogenated alkanes) is 1. The molecule has 2 unspecified atom stereocenters. The van der Waals surface area contributed by atoms with Crippen LogP contribution in [0.4, 0.5) is 0 Å². The van der Waals surface area contributed by atoms with Crippen LogP contribution < -0.4 is 5.11 Å². The first-order valence-corrected chi connectivity index (χ1v) is 7.07. The summed E-state index contributed by atoms with van der Waals surface area (Å²) >= 11 is 0. The number of ether oxygens (including phenoxy) is 2. The van der Waals surface area contributed by atoms with Crippen LogP contribution in [0.5, 0.6) is 0 Å². The number of aliphatic carboxylic acids is 1. The first kappa shape index (κ1) is 18.1. The van der Waals surface area contributed by atoms with E-state index in [1.165, 1.54) is 32.6 Å². The van der Waals surface area contributed by atoms with E-state index in [0.29, 0.717) is 6.10 Å². The summed E-state index contributed by atoms with van der Waals surface area (Å²) in [7, 11) is 0. The second-order valence-corrected chi connectivity index (χ2v) is 4.98. The van der Waals surface area contributed by atoms with Crippen molar-refractivity contribution in [3.05, 3.63) is 12.2 Å². The molecule has 0 aromatic carbocycles. The van der Waals surface area contributed by atoms with Crippen molar-refractivity contribution >= 4 is 5.97 Å². The summed E-state index contributed by atoms with van der Waals surface area (Å²) in [5, 5.41) is 9.49. The Labute approximate surface area is 116 Å². The lowest BCUT2D eigenvalue weighted by atomic mass is 10.0. The van der Waals surface area contributed by atoms with Gasteiger partial charge in [0.15, 0.2) is 0 Å². The van der Waals surface area contributed by atoms with Gasteiger partial charge in [0, 0.05) is 6.61 Å². The first-order valence-electron chi connectivity index (χ1n) is 7.07. The van der Waals surface area contributed by atoms with Crippen LogP contribution in [-0.2, 0) is 14.3 Å². The molecule has 4 heteroatoms. The molecule has 0 N–H and O–H groups in total. The number of carboxylic acids is 1. The molecular formula is C15H27O4-. The zero-order valence-electron chi connectivity index (χ0n) is 12.4. The van der Waals surface area contributed by atoms with Crippen molar-refractivity contribution in [1.29, 1.82) is 0 Å². The van der Waals surface area contributed by atoms with Crippen molar-refractivity contribution in [2.45, 2.75) is 52.6 Å². The number of hydrogen-bond donors (Lipinski definition) is 0. The number of hydrogen-bond acceptors (Lipinski definition) is 4. The van der Waals surface area contributed by atoms with E-state index < -0.39 is 5.97 Å². The summed E-state index contributed by atoms with van der Waals surface area (Å²) in [6, 6.07) is 0. The Morgan fingerprint density at radius 3 is 2.47 bits per heavy atom. The molecule has 0 spiro atoms. The number of carbonyl (C=O) groups excluding carboxylic acids is 1. The molecule has 4 nitrogen and oxygen atoms in total. The molecule has 1 fully saturated rings. The lowest BCUT2D eigenvalue weighted by molar-refractivity contribution is -0.299. The van der Waals surface area contributed by atoms with Crippen LogP contribution >= 0.6 is 0 Å². The highest BCUT2D eigenvalue weighted by atomic mass is 16.6. The zero-order valence-corrected chi connectivity index (χ0v) is 12.4. The van der Waals surface area contributed by atoms with Crippen LogP contribution in [-0.4, -0.2) is 31.9 Å². The van der Waals surface area contributed by atoms with Gasteiger partial charge in [0.25, 0.3) is 0 Å². The molecule has 2 atom stereocenters. The summed E-state index contributed by atoms with van der Waals surface area (Å²) in [6.07, 6.45) is 5.61. The van der Waals surface area contributed by atoms with Gasteiger partial charge in [-0.2, -0.15) is 0 Å². The Morgan fingerprint density at radius 1 is 1.53 bits per heavy atom. The van der Waals surface area contributed by atoms with E-state index in [2.05, 4.69) is 20.4 Å². The standard InChI is InChI=1S/C11H22O2.C4H6O2/c1-3-5-6-10(4-2)7-12-8-11-9-13-11;1-3(2)4(5)6/h10-11H,3-9H2,1-2H3;1H2,2H3,(H,5,6)/p-1. The SMILES string of the molecule is C=C(C)C(=O)[O-].CCCCC(CC)COCC1CO1. The number of rotatable bonds is 9. The highest BCUT2D eigenvalue weighted by Gasteiger charge is 2.22. The predicted octanol–water partition coefficient (Wildman–Crippen LogP) is 1.93. The molecule has 1 rings (SSSR count). The summed E-state index contributed by atoms with van der Waals surface area (Å²) < 4.78 is 10.7. The van der Waals surface area contributed by atoms with Crippen molar-refractivity contribution in [1.82, 2.24) is 0 Å². The van der Waals surface area contributed by atoms with Crippen LogP contribution in [0.2, 0.25) is 0 Å². The average molecular weight is 271 g/mol. The van der Waals surface area contributed by atoms with Gasteiger partial charge in [0.2, 0.25) is 0 Å². The van der Waals surface area contributed by atoms with Crippen LogP contribution in [0, 0.1) is 5.92 Å². The Morgan fingerprint density at radius 2 is 2.11 bits per heavy atom. The normalized spacial score (nSPS) is 18.2. The molecule has 19 heavy (non-hydrogen) atoms. The van der Waals surface area contributed by atoms with Crippen LogP contribution in [0.25, 0.3) is 0 Å². The molecule has 112 valence electrons. The van der Waals surface area contributed by atoms with Gasteiger partial charge in [-0.3, -0.25) is 0 Å². The van der Waals surface area contributed by atoms with Crippen molar-refractivity contribution in [3.63, 3.8) is 0 Å². The molecule has 0 saturated carbocycles. The fourth-order valence-corrected chi connectivity index (χ4v) is 1.43. The molecular weight excluding hydrogens is 244 g/mol. The second kappa shape index (κ2) is 11.0. The summed E-state index contributed by atoms with van der Waals surface area (Å²) in [5.41, 5.74) is 0.0648. The summed E-state index contributed by atoms with van der Waals surface area (Å²) in [5.74, 6) is -0.422. The maximum atomic E-state index is 9.49. The third-order valence-corrected chi connectivity index (χ3v) is 2.95. The number of carboxylic acid groups (broad SMARTS) is 1. The molecule has 1 heterocycles. The minimum Gasteiger partial charge on any atom is -0.545 e. The van der Waals surface area contributed by atoms with E-state index in [4.69, 9.17) is 9.47 Å². The van der Waals surface area contributed by atoms with E-state index >= 15 is 0 Å². The third kappa shape index (κ3) is 11.9. The highest BCUT2D eigenvalue weighted by molar-refractivity contribution is 5.82. The quantitative estimate of drug-likeness (QED) is 0.475. The fourth-order valence-electron chi connectivity index (χ4n) is 1.43. The maximum absolute atomic E-state index is 9.49. The molecule has 0 bridgehead atoms. The van der Waals surface area contributed by atoms with Gasteiger partial charge in [-0.25, -0.2) is 0 Å². The Balaban J connectivity index is 0.000000459. The lowest BCUT2D eigenvalue weighted by Crippen LogP contribution is -2.22. The molecule has 0 amide bonds. The van der Waals surface area contributed by atoms with Crippen LogP contribution in [0.1, 0.15) is 46.5 Å². The lowest BCUT2D eigenvalue weighted by Gasteiger charge is -2.13. The molecule has 0 aromatic heterocycles. The van der Waals surface area contributed by atoms with Gasteiger partial charge in [0.05, 0.1) is 19.2 Å². The van der Waals surface area contributed by atoms with E-state index in [-0.39, 0.29) is 5.57 Å². The Hall–Kier alpha value is -0.870. The van der Waals surface area contributed by atoms with Crippen LogP contribution in [0.3, 0.4) is 0 Å². The number of epoxide rings is 1. The Kier molecular flexibility index (Phi) is 10.5. The van der Waals surface area contributed by atoms with Gasteiger partial charge >= 0.3 is 0 Å².